The molecule has 3 aromatic heterocycles. The van der Waals surface area contributed by atoms with E-state index in [4.69, 9.17) is 5.10 Å². The lowest BCUT2D eigenvalue weighted by atomic mass is 10.0. The van der Waals surface area contributed by atoms with Gasteiger partial charge in [-0.3, -0.25) is 9.48 Å². The van der Waals surface area contributed by atoms with Crippen LogP contribution in [0.2, 0.25) is 0 Å². The largest absolute Gasteiger partial charge is 0.481 e. The minimum atomic E-state index is -0.692. The number of fused-ring (bicyclic) bond motifs is 3. The Morgan fingerprint density at radius 1 is 1.05 bits per heavy atom. The molecule has 1 aliphatic carbocycles. The van der Waals surface area contributed by atoms with Gasteiger partial charge in [-0.1, -0.05) is 26.0 Å². The van der Waals surface area contributed by atoms with Crippen molar-refractivity contribution in [1.29, 1.82) is 0 Å². The molecule has 1 saturated carbocycles. The summed E-state index contributed by atoms with van der Waals surface area (Å²) in [6.45, 7) is 7.32. The SMILES string of the molecule is CC.Cc1cc(F)cc2c(-c3cccc4nn(C)cc34)nn(-c3ccc(N4CC5C(C4)C5C(=O)O)nc3)c12. The van der Waals surface area contributed by atoms with Crippen molar-refractivity contribution in [2.45, 2.75) is 20.8 Å². The van der Waals surface area contributed by atoms with Crippen LogP contribution in [0.4, 0.5) is 10.2 Å². The number of rotatable bonds is 4. The minimum absolute atomic E-state index is 0.206. The molecule has 0 radical (unpaired) electrons. The third kappa shape index (κ3) is 3.72. The van der Waals surface area contributed by atoms with Gasteiger partial charge in [0.05, 0.1) is 28.8 Å². The number of halogens is 1. The van der Waals surface area contributed by atoms with E-state index in [2.05, 4.69) is 15.0 Å². The van der Waals surface area contributed by atoms with Gasteiger partial charge in [0.1, 0.15) is 17.3 Å². The summed E-state index contributed by atoms with van der Waals surface area (Å²) < 4.78 is 18.1. The summed E-state index contributed by atoms with van der Waals surface area (Å²) in [5.41, 5.74) is 4.82. The summed E-state index contributed by atoms with van der Waals surface area (Å²) >= 11 is 0. The molecule has 8 nitrogen and oxygen atoms in total. The molecule has 0 bridgehead atoms. The molecule has 0 spiro atoms. The van der Waals surface area contributed by atoms with Crippen molar-refractivity contribution in [3.8, 4) is 16.9 Å². The Kier molecular flexibility index (Phi) is 5.66. The fraction of sp³-hybridized carbons (Fsp3) is 0.310. The molecule has 2 aliphatic rings. The number of hydrogen-bond acceptors (Lipinski definition) is 5. The second kappa shape index (κ2) is 8.93. The van der Waals surface area contributed by atoms with Crippen molar-refractivity contribution in [2.24, 2.45) is 24.8 Å². The monoisotopic (exact) mass is 512 g/mol. The molecule has 1 saturated heterocycles. The first kappa shape index (κ1) is 24.1. The molecular weight excluding hydrogens is 483 g/mol. The average molecular weight is 513 g/mol. The quantitative estimate of drug-likeness (QED) is 0.355. The number of hydrogen-bond donors (Lipinski definition) is 1. The lowest BCUT2D eigenvalue weighted by molar-refractivity contribution is -0.139. The highest BCUT2D eigenvalue weighted by Crippen LogP contribution is 2.52. The fourth-order valence-corrected chi connectivity index (χ4v) is 5.93. The van der Waals surface area contributed by atoms with Gasteiger partial charge in [-0.25, -0.2) is 14.1 Å². The summed E-state index contributed by atoms with van der Waals surface area (Å²) in [5.74, 6) is 0.0586. The van der Waals surface area contributed by atoms with E-state index in [0.29, 0.717) is 5.69 Å². The molecular formula is C29H29FN6O2. The van der Waals surface area contributed by atoms with Crippen LogP contribution in [0.5, 0.6) is 0 Å². The maximum absolute atomic E-state index is 14.6. The summed E-state index contributed by atoms with van der Waals surface area (Å²) in [5, 5.41) is 20.4. The Labute approximate surface area is 219 Å². The Morgan fingerprint density at radius 2 is 1.82 bits per heavy atom. The average Bonchev–Trinajstić information content (AvgIpc) is 3.23. The number of carbonyl (C=O) groups is 1. The highest BCUT2D eigenvalue weighted by molar-refractivity contribution is 6.03. The van der Waals surface area contributed by atoms with Crippen LogP contribution in [0.3, 0.4) is 0 Å². The van der Waals surface area contributed by atoms with Crippen LogP contribution in [0, 0.1) is 30.5 Å². The van der Waals surface area contributed by atoms with Gasteiger partial charge in [0.2, 0.25) is 0 Å². The van der Waals surface area contributed by atoms with E-state index in [1.807, 2.05) is 69.0 Å². The van der Waals surface area contributed by atoms with Crippen molar-refractivity contribution in [3.05, 3.63) is 66.2 Å². The fourth-order valence-electron chi connectivity index (χ4n) is 5.93. The number of aromatic nitrogens is 5. The van der Waals surface area contributed by atoms with Crippen molar-refractivity contribution in [2.75, 3.05) is 18.0 Å². The van der Waals surface area contributed by atoms with E-state index < -0.39 is 5.97 Å². The highest BCUT2D eigenvalue weighted by Gasteiger charge is 2.60. The summed E-state index contributed by atoms with van der Waals surface area (Å²) in [6.07, 6.45) is 3.73. The van der Waals surface area contributed by atoms with Crippen LogP contribution in [0.1, 0.15) is 19.4 Å². The zero-order valence-corrected chi connectivity index (χ0v) is 21.8. The van der Waals surface area contributed by atoms with Crippen molar-refractivity contribution in [3.63, 3.8) is 0 Å². The van der Waals surface area contributed by atoms with E-state index in [0.717, 1.165) is 57.5 Å². The Hall–Kier alpha value is -4.27. The number of piperidine rings is 1. The number of pyridine rings is 1. The third-order valence-electron chi connectivity index (χ3n) is 7.63. The van der Waals surface area contributed by atoms with Gasteiger partial charge < -0.3 is 10.0 Å². The van der Waals surface area contributed by atoms with Crippen LogP contribution in [-0.4, -0.2) is 48.7 Å². The smallest absolute Gasteiger partial charge is 0.307 e. The number of nitrogens with zero attached hydrogens (tertiary/aromatic N) is 6. The minimum Gasteiger partial charge on any atom is -0.481 e. The molecule has 1 aliphatic heterocycles. The first-order valence-electron chi connectivity index (χ1n) is 12.9. The molecule has 4 heterocycles. The van der Waals surface area contributed by atoms with Crippen molar-refractivity contribution < 1.29 is 14.3 Å². The molecule has 194 valence electrons. The number of carboxylic acid groups (broad SMARTS) is 1. The third-order valence-corrected chi connectivity index (χ3v) is 7.63. The molecule has 7 rings (SSSR count). The Balaban J connectivity index is 0.00000129. The van der Waals surface area contributed by atoms with Crippen LogP contribution in [0.15, 0.2) is 54.9 Å². The standard InChI is InChI=1S/C27H23FN6O2.C2H6/c1-14-8-15(28)9-18-25(17-4-3-5-22-19(17)11-32(2)30-22)31-34(26(14)18)16-6-7-23(29-10-16)33-12-20-21(13-33)24(20)27(35)36;1-2/h3-11,20-21,24H,12-13H2,1-2H3,(H,35,36);1-2H3. The molecule has 2 aromatic carbocycles. The van der Waals surface area contributed by atoms with Crippen LogP contribution >= 0.6 is 0 Å². The molecule has 9 heteroatoms. The second-order valence-corrected chi connectivity index (χ2v) is 9.89. The van der Waals surface area contributed by atoms with Crippen LogP contribution in [-0.2, 0) is 11.8 Å². The maximum atomic E-state index is 14.6. The zero-order valence-electron chi connectivity index (χ0n) is 21.8. The summed E-state index contributed by atoms with van der Waals surface area (Å²) in [6, 6.07) is 12.8. The van der Waals surface area contributed by atoms with Gasteiger partial charge >= 0.3 is 5.97 Å². The number of anilines is 1. The van der Waals surface area contributed by atoms with E-state index in [-0.39, 0.29) is 23.6 Å². The van der Waals surface area contributed by atoms with Crippen LogP contribution < -0.4 is 4.90 Å². The van der Waals surface area contributed by atoms with Gasteiger partial charge in [0.15, 0.2) is 0 Å². The van der Waals surface area contributed by atoms with E-state index in [1.54, 1.807) is 10.9 Å². The molecule has 38 heavy (non-hydrogen) atoms. The Morgan fingerprint density at radius 3 is 2.50 bits per heavy atom. The molecule has 2 fully saturated rings. The van der Waals surface area contributed by atoms with Gasteiger partial charge in [-0.2, -0.15) is 10.2 Å². The first-order valence-corrected chi connectivity index (χ1v) is 12.9. The Bertz CT molecular complexity index is 1680. The molecule has 0 amide bonds. The lowest BCUT2D eigenvalue weighted by Gasteiger charge is -2.20. The van der Waals surface area contributed by atoms with Crippen molar-refractivity contribution >= 4 is 33.6 Å². The summed E-state index contributed by atoms with van der Waals surface area (Å²) in [7, 11) is 1.88. The van der Waals surface area contributed by atoms with Crippen LogP contribution in [0.25, 0.3) is 38.8 Å². The predicted molar refractivity (Wildman–Crippen MR) is 145 cm³/mol. The predicted octanol–water partition coefficient (Wildman–Crippen LogP) is 5.21. The normalized spacial score (nSPS) is 19.9. The number of benzene rings is 2. The second-order valence-electron chi connectivity index (χ2n) is 9.89. The molecule has 2 atom stereocenters. The number of carboxylic acids is 1. The lowest BCUT2D eigenvalue weighted by Crippen LogP contribution is -2.26. The van der Waals surface area contributed by atoms with Gasteiger partial charge in [-0.05, 0) is 54.7 Å². The van der Waals surface area contributed by atoms with E-state index in [1.165, 1.54) is 12.1 Å². The molecule has 1 N–H and O–H groups in total. The number of aliphatic carboxylic acids is 1. The van der Waals surface area contributed by atoms with E-state index in [9.17, 15) is 14.3 Å². The first-order chi connectivity index (χ1) is 18.4. The van der Waals surface area contributed by atoms with Gasteiger partial charge in [-0.15, -0.1) is 0 Å². The maximum Gasteiger partial charge on any atom is 0.307 e. The summed E-state index contributed by atoms with van der Waals surface area (Å²) in [4.78, 5) is 18.1. The van der Waals surface area contributed by atoms with Gasteiger partial charge in [0, 0.05) is 42.7 Å². The van der Waals surface area contributed by atoms with Gasteiger partial charge in [0.25, 0.3) is 0 Å². The zero-order chi connectivity index (χ0) is 26.7. The van der Waals surface area contributed by atoms with Crippen molar-refractivity contribution in [1.82, 2.24) is 24.5 Å². The molecule has 2 unspecified atom stereocenters. The highest BCUT2D eigenvalue weighted by atomic mass is 19.1. The molecule has 5 aromatic rings. The van der Waals surface area contributed by atoms with E-state index >= 15 is 0 Å². The number of aryl methyl sites for hydroxylation is 2. The topological polar surface area (TPSA) is 89.1 Å².